The average molecular weight is 309 g/mol. The lowest BCUT2D eigenvalue weighted by atomic mass is 10.2. The molecule has 0 aliphatic carbocycles. The van der Waals surface area contributed by atoms with Crippen molar-refractivity contribution in [2.75, 3.05) is 18.6 Å². The molecule has 1 heterocycles. The number of nitrogens with one attached hydrogen (secondary N) is 1. The third-order valence-electron chi connectivity index (χ3n) is 2.16. The van der Waals surface area contributed by atoms with Gasteiger partial charge in [0.25, 0.3) is 0 Å². The van der Waals surface area contributed by atoms with Crippen LogP contribution in [-0.2, 0) is 10.0 Å². The van der Waals surface area contributed by atoms with Crippen LogP contribution in [0.2, 0.25) is 0 Å². The van der Waals surface area contributed by atoms with Crippen molar-refractivity contribution in [3.8, 4) is 0 Å². The molecule has 8 heteroatoms. The smallest absolute Gasteiger partial charge is 0.336 e. The summed E-state index contributed by atoms with van der Waals surface area (Å²) in [4.78, 5) is 10.7. The van der Waals surface area contributed by atoms with E-state index in [2.05, 4.69) is 4.72 Å². The van der Waals surface area contributed by atoms with Gasteiger partial charge in [0.15, 0.2) is 0 Å². The number of hydrogen-bond donors (Lipinski definition) is 2. The summed E-state index contributed by atoms with van der Waals surface area (Å²) in [5, 5.41) is 10.1. The van der Waals surface area contributed by atoms with Crippen LogP contribution in [0.3, 0.4) is 0 Å². The van der Waals surface area contributed by atoms with Crippen molar-refractivity contribution >= 4 is 39.1 Å². The molecule has 0 saturated carbocycles. The Bertz CT molecular complexity index is 509. The number of carbonyl (C=O) groups is 1. The minimum Gasteiger partial charge on any atom is -0.478 e. The summed E-state index contributed by atoms with van der Waals surface area (Å²) in [6, 6.07) is 1.18. The second-order valence-corrected chi connectivity index (χ2v) is 7.69. The molecule has 0 amide bonds. The molecule has 1 rings (SSSR count). The van der Waals surface area contributed by atoms with Gasteiger partial charge in [-0.25, -0.2) is 17.9 Å². The van der Waals surface area contributed by atoms with Crippen molar-refractivity contribution in [1.82, 2.24) is 4.72 Å². The molecule has 1 atom stereocenters. The van der Waals surface area contributed by atoms with Crippen LogP contribution >= 0.6 is 23.1 Å². The van der Waals surface area contributed by atoms with Gasteiger partial charge in [-0.2, -0.15) is 11.8 Å². The maximum atomic E-state index is 11.9. The Morgan fingerprint density at radius 2 is 2.28 bits per heavy atom. The van der Waals surface area contributed by atoms with Crippen molar-refractivity contribution in [2.24, 2.45) is 5.92 Å². The van der Waals surface area contributed by atoms with E-state index in [4.69, 9.17) is 5.11 Å². The molecule has 102 valence electrons. The number of aromatic carboxylic acids is 1. The van der Waals surface area contributed by atoms with Gasteiger partial charge in [0.05, 0.1) is 5.56 Å². The molecule has 0 bridgehead atoms. The van der Waals surface area contributed by atoms with E-state index in [1.165, 1.54) is 11.4 Å². The van der Waals surface area contributed by atoms with Crippen LogP contribution in [0.25, 0.3) is 0 Å². The van der Waals surface area contributed by atoms with Gasteiger partial charge >= 0.3 is 5.97 Å². The van der Waals surface area contributed by atoms with E-state index in [0.29, 0.717) is 6.54 Å². The minimum atomic E-state index is -3.59. The van der Waals surface area contributed by atoms with E-state index in [-0.39, 0.29) is 15.7 Å². The fourth-order valence-electron chi connectivity index (χ4n) is 1.24. The Hall–Kier alpha value is -0.570. The lowest BCUT2D eigenvalue weighted by Gasteiger charge is -2.10. The topological polar surface area (TPSA) is 83.5 Å². The monoisotopic (exact) mass is 309 g/mol. The van der Waals surface area contributed by atoms with Gasteiger partial charge in [-0.3, -0.25) is 0 Å². The molecule has 0 aliphatic heterocycles. The van der Waals surface area contributed by atoms with Crippen molar-refractivity contribution in [2.45, 2.75) is 11.1 Å². The van der Waals surface area contributed by atoms with Crippen molar-refractivity contribution in [3.05, 3.63) is 17.0 Å². The van der Waals surface area contributed by atoms with Crippen LogP contribution in [0.5, 0.6) is 0 Å². The van der Waals surface area contributed by atoms with Gasteiger partial charge in [0, 0.05) is 11.9 Å². The van der Waals surface area contributed by atoms with Crippen LogP contribution in [0.1, 0.15) is 17.3 Å². The highest BCUT2D eigenvalue weighted by Gasteiger charge is 2.19. The third-order valence-corrected chi connectivity index (χ3v) is 5.93. The number of rotatable bonds is 7. The largest absolute Gasteiger partial charge is 0.478 e. The third kappa shape index (κ3) is 4.27. The Morgan fingerprint density at radius 1 is 1.61 bits per heavy atom. The fourth-order valence-corrected chi connectivity index (χ4v) is 4.29. The van der Waals surface area contributed by atoms with Gasteiger partial charge in [-0.15, -0.1) is 11.3 Å². The number of thiophene rings is 1. The number of carboxylic acid groups (broad SMARTS) is 1. The van der Waals surface area contributed by atoms with Crippen LogP contribution < -0.4 is 4.72 Å². The van der Waals surface area contributed by atoms with E-state index in [1.54, 1.807) is 11.8 Å². The lowest BCUT2D eigenvalue weighted by Crippen LogP contribution is -2.28. The highest BCUT2D eigenvalue weighted by molar-refractivity contribution is 7.98. The molecule has 0 radical (unpaired) electrons. The average Bonchev–Trinajstić information content (AvgIpc) is 2.77. The van der Waals surface area contributed by atoms with Gasteiger partial charge in [-0.1, -0.05) is 6.92 Å². The van der Waals surface area contributed by atoms with Crippen LogP contribution in [0.15, 0.2) is 15.7 Å². The SMILES string of the molecule is CSCC(C)CNS(=O)(=O)c1cc(C(=O)O)cs1. The summed E-state index contributed by atoms with van der Waals surface area (Å²) in [6.45, 7) is 2.31. The normalized spacial score (nSPS) is 13.4. The second-order valence-electron chi connectivity index (χ2n) is 3.87. The summed E-state index contributed by atoms with van der Waals surface area (Å²) >= 11 is 2.57. The zero-order valence-corrected chi connectivity index (χ0v) is 12.5. The maximum absolute atomic E-state index is 11.9. The first kappa shape index (κ1) is 15.5. The Balaban J connectivity index is 2.71. The van der Waals surface area contributed by atoms with Crippen LogP contribution in [0.4, 0.5) is 0 Å². The zero-order chi connectivity index (χ0) is 13.8. The Labute approximate surface area is 115 Å². The van der Waals surface area contributed by atoms with E-state index >= 15 is 0 Å². The van der Waals surface area contributed by atoms with Crippen LogP contribution in [0, 0.1) is 5.92 Å². The molecular formula is C10H15NO4S3. The number of thioether (sulfide) groups is 1. The molecule has 5 nitrogen and oxygen atoms in total. The fraction of sp³-hybridized carbons (Fsp3) is 0.500. The van der Waals surface area contributed by atoms with Crippen LogP contribution in [-0.4, -0.2) is 38.0 Å². The van der Waals surface area contributed by atoms with E-state index in [0.717, 1.165) is 17.1 Å². The first-order valence-corrected chi connectivity index (χ1v) is 8.93. The Kier molecular flexibility index (Phi) is 5.64. The predicted molar refractivity (Wildman–Crippen MR) is 74.0 cm³/mol. The lowest BCUT2D eigenvalue weighted by molar-refractivity contribution is 0.0697. The van der Waals surface area contributed by atoms with Gasteiger partial charge in [0.1, 0.15) is 4.21 Å². The molecule has 0 aromatic carbocycles. The molecule has 0 aliphatic rings. The quantitative estimate of drug-likeness (QED) is 0.801. The maximum Gasteiger partial charge on any atom is 0.336 e. The summed E-state index contributed by atoms with van der Waals surface area (Å²) in [6.07, 6.45) is 1.96. The predicted octanol–water partition coefficient (Wildman–Crippen LogP) is 1.72. The molecule has 0 spiro atoms. The molecule has 0 saturated heterocycles. The number of sulfonamides is 1. The van der Waals surface area contributed by atoms with Gasteiger partial charge in [-0.05, 0) is 24.0 Å². The first-order valence-electron chi connectivity index (χ1n) is 5.17. The molecule has 0 fully saturated rings. The van der Waals surface area contributed by atoms with Crippen molar-refractivity contribution < 1.29 is 18.3 Å². The van der Waals surface area contributed by atoms with Gasteiger partial charge < -0.3 is 5.11 Å². The minimum absolute atomic E-state index is 0.00228. The summed E-state index contributed by atoms with van der Waals surface area (Å²) < 4.78 is 26.3. The summed E-state index contributed by atoms with van der Waals surface area (Å²) in [7, 11) is -3.59. The van der Waals surface area contributed by atoms with E-state index in [9.17, 15) is 13.2 Å². The van der Waals surface area contributed by atoms with Crippen molar-refractivity contribution in [1.29, 1.82) is 0 Å². The number of carboxylic acids is 1. The molecule has 18 heavy (non-hydrogen) atoms. The highest BCUT2D eigenvalue weighted by Crippen LogP contribution is 2.20. The summed E-state index contributed by atoms with van der Waals surface area (Å²) in [5.74, 6) is -0.0232. The highest BCUT2D eigenvalue weighted by atomic mass is 32.2. The Morgan fingerprint density at radius 3 is 2.78 bits per heavy atom. The van der Waals surface area contributed by atoms with E-state index < -0.39 is 16.0 Å². The van der Waals surface area contributed by atoms with Gasteiger partial charge in [0.2, 0.25) is 10.0 Å². The standard InChI is InChI=1S/C10H15NO4S3/c1-7(5-16-2)4-11-18(14,15)9-3-8(6-17-9)10(12)13/h3,6-7,11H,4-5H2,1-2H3,(H,12,13). The molecule has 1 unspecified atom stereocenters. The molecular weight excluding hydrogens is 294 g/mol. The molecule has 1 aromatic heterocycles. The van der Waals surface area contributed by atoms with Crippen molar-refractivity contribution in [3.63, 3.8) is 0 Å². The number of hydrogen-bond acceptors (Lipinski definition) is 5. The van der Waals surface area contributed by atoms with E-state index in [1.807, 2.05) is 13.2 Å². The summed E-state index contributed by atoms with van der Waals surface area (Å²) in [5.41, 5.74) is -0.00228. The molecule has 1 aromatic rings. The second kappa shape index (κ2) is 6.55. The zero-order valence-electron chi connectivity index (χ0n) is 10.0. The first-order chi connectivity index (χ1) is 8.36. The molecule has 2 N–H and O–H groups in total.